The molecule has 1 aliphatic rings. The number of nitrogens with two attached hydrogens (primary N) is 1. The third-order valence-electron chi connectivity index (χ3n) is 3.63. The summed E-state index contributed by atoms with van der Waals surface area (Å²) in [6.07, 6.45) is 0. The molecular formula is C16H21N3O2. The first kappa shape index (κ1) is 13.8. The lowest BCUT2D eigenvalue weighted by atomic mass is 9.87. The van der Waals surface area contributed by atoms with Gasteiger partial charge in [0.25, 0.3) is 0 Å². The zero-order valence-electron chi connectivity index (χ0n) is 12.9. The molecule has 5 heteroatoms. The molecule has 0 saturated heterocycles. The summed E-state index contributed by atoms with van der Waals surface area (Å²) in [7, 11) is 1.87. The van der Waals surface area contributed by atoms with Crippen molar-refractivity contribution in [1.29, 1.82) is 0 Å². The average molecular weight is 287 g/mol. The van der Waals surface area contributed by atoms with Gasteiger partial charge in [-0.2, -0.15) is 5.10 Å². The zero-order valence-corrected chi connectivity index (χ0v) is 12.9. The fraction of sp³-hybridized carbons (Fsp3) is 0.438. The van der Waals surface area contributed by atoms with E-state index in [-0.39, 0.29) is 5.41 Å². The van der Waals surface area contributed by atoms with E-state index < -0.39 is 0 Å². The smallest absolute Gasteiger partial charge is 0.161 e. The van der Waals surface area contributed by atoms with Crippen molar-refractivity contribution in [2.75, 3.05) is 18.9 Å². The highest BCUT2D eigenvalue weighted by atomic mass is 16.6. The Kier molecular flexibility index (Phi) is 3.08. The van der Waals surface area contributed by atoms with Gasteiger partial charge < -0.3 is 15.2 Å². The molecular weight excluding hydrogens is 266 g/mol. The van der Waals surface area contributed by atoms with Crippen LogP contribution >= 0.6 is 0 Å². The molecule has 1 aliphatic heterocycles. The monoisotopic (exact) mass is 287 g/mol. The van der Waals surface area contributed by atoms with Gasteiger partial charge in [0.05, 0.1) is 5.69 Å². The summed E-state index contributed by atoms with van der Waals surface area (Å²) in [5.41, 5.74) is 9.12. The predicted molar refractivity (Wildman–Crippen MR) is 82.7 cm³/mol. The molecule has 0 radical (unpaired) electrons. The Hall–Kier alpha value is -2.17. The zero-order chi connectivity index (χ0) is 15.2. The number of aromatic nitrogens is 2. The Morgan fingerprint density at radius 1 is 1.14 bits per heavy atom. The highest BCUT2D eigenvalue weighted by molar-refractivity contribution is 5.79. The lowest BCUT2D eigenvalue weighted by molar-refractivity contribution is 0.171. The molecule has 0 aliphatic carbocycles. The molecule has 1 aromatic carbocycles. The van der Waals surface area contributed by atoms with Gasteiger partial charge in [-0.3, -0.25) is 4.68 Å². The van der Waals surface area contributed by atoms with E-state index in [4.69, 9.17) is 15.2 Å². The molecule has 0 unspecified atom stereocenters. The van der Waals surface area contributed by atoms with Crippen molar-refractivity contribution >= 4 is 5.82 Å². The van der Waals surface area contributed by atoms with Gasteiger partial charge in [-0.15, -0.1) is 0 Å². The van der Waals surface area contributed by atoms with E-state index in [0.29, 0.717) is 19.0 Å². The van der Waals surface area contributed by atoms with E-state index >= 15 is 0 Å². The van der Waals surface area contributed by atoms with E-state index in [1.54, 1.807) is 4.68 Å². The quantitative estimate of drug-likeness (QED) is 0.876. The highest BCUT2D eigenvalue weighted by Crippen LogP contribution is 2.40. The van der Waals surface area contributed by atoms with Gasteiger partial charge in [-0.1, -0.05) is 26.8 Å². The van der Waals surface area contributed by atoms with Crippen molar-refractivity contribution in [3.05, 3.63) is 23.9 Å². The van der Waals surface area contributed by atoms with E-state index in [2.05, 4.69) is 25.9 Å². The van der Waals surface area contributed by atoms with Crippen molar-refractivity contribution < 1.29 is 9.47 Å². The van der Waals surface area contributed by atoms with E-state index in [1.807, 2.05) is 25.2 Å². The summed E-state index contributed by atoms with van der Waals surface area (Å²) in [4.78, 5) is 0. The van der Waals surface area contributed by atoms with Gasteiger partial charge in [0.2, 0.25) is 0 Å². The van der Waals surface area contributed by atoms with Crippen LogP contribution in [-0.2, 0) is 12.5 Å². The molecule has 0 spiro atoms. The standard InChI is InChI=1S/C16H21N3O2/c1-16(2,3)14-13(15(17)19(4)18-14)10-5-6-11-12(9-10)21-8-7-20-11/h5-6,9H,7-8,17H2,1-4H3. The Morgan fingerprint density at radius 3 is 2.48 bits per heavy atom. The molecule has 5 nitrogen and oxygen atoms in total. The third-order valence-corrected chi connectivity index (χ3v) is 3.63. The van der Waals surface area contributed by atoms with Crippen molar-refractivity contribution in [3.8, 4) is 22.6 Å². The van der Waals surface area contributed by atoms with Crippen LogP contribution in [0.25, 0.3) is 11.1 Å². The Morgan fingerprint density at radius 2 is 1.81 bits per heavy atom. The Labute approximate surface area is 124 Å². The average Bonchev–Trinajstić information content (AvgIpc) is 2.74. The number of nitrogens with zero attached hydrogens (tertiary/aromatic N) is 2. The number of anilines is 1. The van der Waals surface area contributed by atoms with Crippen LogP contribution < -0.4 is 15.2 Å². The maximum Gasteiger partial charge on any atom is 0.161 e. The summed E-state index contributed by atoms with van der Waals surface area (Å²) in [6, 6.07) is 5.93. The summed E-state index contributed by atoms with van der Waals surface area (Å²) in [6.45, 7) is 7.57. The minimum absolute atomic E-state index is 0.0853. The first-order chi connectivity index (χ1) is 9.88. The van der Waals surface area contributed by atoms with Gasteiger partial charge in [0.1, 0.15) is 19.0 Å². The van der Waals surface area contributed by atoms with Gasteiger partial charge in [0, 0.05) is 18.0 Å². The Bertz CT molecular complexity index is 684. The summed E-state index contributed by atoms with van der Waals surface area (Å²) < 4.78 is 13.0. The number of rotatable bonds is 1. The van der Waals surface area contributed by atoms with Crippen molar-refractivity contribution in [2.24, 2.45) is 7.05 Å². The van der Waals surface area contributed by atoms with E-state index in [1.165, 1.54) is 0 Å². The van der Waals surface area contributed by atoms with Gasteiger partial charge in [-0.05, 0) is 17.7 Å². The second-order valence-electron chi connectivity index (χ2n) is 6.34. The number of ether oxygens (including phenoxy) is 2. The number of benzene rings is 1. The normalized spacial score (nSPS) is 14.3. The van der Waals surface area contributed by atoms with Crippen LogP contribution in [-0.4, -0.2) is 23.0 Å². The highest BCUT2D eigenvalue weighted by Gasteiger charge is 2.26. The Balaban J connectivity index is 2.16. The van der Waals surface area contributed by atoms with Gasteiger partial charge in [0.15, 0.2) is 11.5 Å². The largest absolute Gasteiger partial charge is 0.486 e. The first-order valence-electron chi connectivity index (χ1n) is 7.11. The number of hydrogen-bond acceptors (Lipinski definition) is 4. The van der Waals surface area contributed by atoms with Crippen LogP contribution in [0.1, 0.15) is 26.5 Å². The van der Waals surface area contributed by atoms with Crippen LogP contribution in [0.15, 0.2) is 18.2 Å². The number of aryl methyl sites for hydroxylation is 1. The fourth-order valence-electron chi connectivity index (χ4n) is 2.55. The van der Waals surface area contributed by atoms with E-state index in [0.717, 1.165) is 28.3 Å². The van der Waals surface area contributed by atoms with Gasteiger partial charge >= 0.3 is 0 Å². The minimum atomic E-state index is -0.0853. The number of nitrogen functional groups attached to an aromatic ring is 1. The molecule has 0 saturated carbocycles. The predicted octanol–water partition coefficient (Wildman–Crippen LogP) is 2.74. The first-order valence-corrected chi connectivity index (χ1v) is 7.11. The second kappa shape index (κ2) is 4.69. The van der Waals surface area contributed by atoms with Crippen molar-refractivity contribution in [3.63, 3.8) is 0 Å². The van der Waals surface area contributed by atoms with Crippen LogP contribution in [0, 0.1) is 0 Å². The van der Waals surface area contributed by atoms with Crippen LogP contribution in [0.4, 0.5) is 5.82 Å². The summed E-state index contributed by atoms with van der Waals surface area (Å²) in [5.74, 6) is 2.21. The maximum absolute atomic E-state index is 6.24. The topological polar surface area (TPSA) is 62.3 Å². The molecule has 0 bridgehead atoms. The van der Waals surface area contributed by atoms with Crippen LogP contribution in [0.3, 0.4) is 0 Å². The molecule has 3 rings (SSSR count). The van der Waals surface area contributed by atoms with Crippen molar-refractivity contribution in [2.45, 2.75) is 26.2 Å². The van der Waals surface area contributed by atoms with Gasteiger partial charge in [-0.25, -0.2) is 0 Å². The molecule has 0 fully saturated rings. The molecule has 2 N–H and O–H groups in total. The molecule has 1 aromatic heterocycles. The molecule has 2 heterocycles. The lowest BCUT2D eigenvalue weighted by Gasteiger charge is -2.21. The molecule has 21 heavy (non-hydrogen) atoms. The number of hydrogen-bond donors (Lipinski definition) is 1. The van der Waals surface area contributed by atoms with E-state index in [9.17, 15) is 0 Å². The molecule has 112 valence electrons. The fourth-order valence-corrected chi connectivity index (χ4v) is 2.55. The summed E-state index contributed by atoms with van der Waals surface area (Å²) in [5, 5.41) is 4.59. The SMILES string of the molecule is Cn1nc(C(C)(C)C)c(-c2ccc3c(c2)OCCO3)c1N. The minimum Gasteiger partial charge on any atom is -0.486 e. The van der Waals surface area contributed by atoms with Crippen molar-refractivity contribution in [1.82, 2.24) is 9.78 Å². The molecule has 0 atom stereocenters. The third kappa shape index (κ3) is 2.33. The maximum atomic E-state index is 6.24. The van der Waals surface area contributed by atoms with Crippen LogP contribution in [0.5, 0.6) is 11.5 Å². The summed E-state index contributed by atoms with van der Waals surface area (Å²) >= 11 is 0. The lowest BCUT2D eigenvalue weighted by Crippen LogP contribution is -2.15. The molecule has 0 amide bonds. The van der Waals surface area contributed by atoms with Crippen LogP contribution in [0.2, 0.25) is 0 Å². The molecule has 2 aromatic rings. The number of fused-ring (bicyclic) bond motifs is 1. The second-order valence-corrected chi connectivity index (χ2v) is 6.34.